The van der Waals surface area contributed by atoms with Crippen molar-refractivity contribution in [2.45, 2.75) is 33.2 Å². The summed E-state index contributed by atoms with van der Waals surface area (Å²) in [6, 6.07) is -0.445. The second kappa shape index (κ2) is 5.75. The standard InChI is InChI=1S/C10H19NO2/c1-7(2)5-6-11-9(8(3)4)10(12)13/h8-9,11H,1,5-6H2,2-4H3,(H,12,13). The zero-order chi connectivity index (χ0) is 10.4. The van der Waals surface area contributed by atoms with Gasteiger partial charge in [-0.3, -0.25) is 4.79 Å². The Kier molecular flexibility index (Phi) is 5.39. The number of carbonyl (C=O) groups is 1. The van der Waals surface area contributed by atoms with E-state index in [4.69, 9.17) is 5.11 Å². The molecule has 0 aliphatic carbocycles. The van der Waals surface area contributed by atoms with Crippen molar-refractivity contribution in [2.24, 2.45) is 5.92 Å². The Morgan fingerprint density at radius 1 is 1.54 bits per heavy atom. The van der Waals surface area contributed by atoms with Crippen molar-refractivity contribution < 1.29 is 9.90 Å². The maximum absolute atomic E-state index is 10.7. The summed E-state index contributed by atoms with van der Waals surface area (Å²) in [5.41, 5.74) is 1.07. The zero-order valence-electron chi connectivity index (χ0n) is 8.63. The SMILES string of the molecule is C=C(C)CCNC(C(=O)O)C(C)C. The van der Waals surface area contributed by atoms with Crippen LogP contribution in [0.4, 0.5) is 0 Å². The molecule has 1 unspecified atom stereocenters. The number of hydrogen-bond donors (Lipinski definition) is 2. The van der Waals surface area contributed by atoms with Gasteiger partial charge in [0, 0.05) is 0 Å². The summed E-state index contributed by atoms with van der Waals surface area (Å²) in [4.78, 5) is 10.7. The monoisotopic (exact) mass is 185 g/mol. The first-order chi connectivity index (χ1) is 5.95. The molecule has 0 aromatic carbocycles. The van der Waals surface area contributed by atoms with E-state index in [2.05, 4.69) is 11.9 Å². The van der Waals surface area contributed by atoms with Crippen molar-refractivity contribution in [2.75, 3.05) is 6.54 Å². The van der Waals surface area contributed by atoms with Crippen molar-refractivity contribution in [1.82, 2.24) is 5.32 Å². The van der Waals surface area contributed by atoms with Crippen molar-refractivity contribution in [3.05, 3.63) is 12.2 Å². The fraction of sp³-hybridized carbons (Fsp3) is 0.700. The molecular weight excluding hydrogens is 166 g/mol. The van der Waals surface area contributed by atoms with Crippen LogP contribution in [0.1, 0.15) is 27.2 Å². The Balaban J connectivity index is 3.84. The van der Waals surface area contributed by atoms with E-state index in [-0.39, 0.29) is 5.92 Å². The second-order valence-electron chi connectivity index (χ2n) is 3.72. The summed E-state index contributed by atoms with van der Waals surface area (Å²) < 4.78 is 0. The van der Waals surface area contributed by atoms with Crippen LogP contribution in [0.25, 0.3) is 0 Å². The van der Waals surface area contributed by atoms with Crippen molar-refractivity contribution >= 4 is 5.97 Å². The van der Waals surface area contributed by atoms with Crippen LogP contribution in [0.15, 0.2) is 12.2 Å². The molecule has 0 aromatic rings. The molecule has 76 valence electrons. The molecule has 0 radical (unpaired) electrons. The van der Waals surface area contributed by atoms with E-state index in [0.717, 1.165) is 12.0 Å². The van der Waals surface area contributed by atoms with Gasteiger partial charge in [-0.05, 0) is 25.8 Å². The summed E-state index contributed by atoms with van der Waals surface area (Å²) in [5.74, 6) is -0.667. The normalized spacial score (nSPS) is 12.9. The zero-order valence-corrected chi connectivity index (χ0v) is 8.63. The van der Waals surface area contributed by atoms with Gasteiger partial charge in [0.15, 0.2) is 0 Å². The van der Waals surface area contributed by atoms with Gasteiger partial charge in [-0.1, -0.05) is 19.4 Å². The first kappa shape index (κ1) is 12.2. The van der Waals surface area contributed by atoms with Crippen LogP contribution in [0.5, 0.6) is 0 Å². The third-order valence-corrected chi connectivity index (χ3v) is 1.85. The summed E-state index contributed by atoms with van der Waals surface area (Å²) in [6.45, 7) is 10.2. The van der Waals surface area contributed by atoms with E-state index in [1.807, 2.05) is 20.8 Å². The highest BCUT2D eigenvalue weighted by Crippen LogP contribution is 2.02. The van der Waals surface area contributed by atoms with E-state index in [1.165, 1.54) is 0 Å². The van der Waals surface area contributed by atoms with E-state index in [0.29, 0.717) is 6.54 Å². The van der Waals surface area contributed by atoms with Crippen LogP contribution in [-0.2, 0) is 4.79 Å². The maximum Gasteiger partial charge on any atom is 0.320 e. The Hall–Kier alpha value is -0.830. The number of aliphatic carboxylic acids is 1. The third-order valence-electron chi connectivity index (χ3n) is 1.85. The Labute approximate surface area is 79.8 Å². The molecule has 3 heteroatoms. The largest absolute Gasteiger partial charge is 0.480 e. The van der Waals surface area contributed by atoms with Gasteiger partial charge < -0.3 is 10.4 Å². The van der Waals surface area contributed by atoms with E-state index >= 15 is 0 Å². The first-order valence-electron chi connectivity index (χ1n) is 4.55. The van der Waals surface area contributed by atoms with Crippen LogP contribution < -0.4 is 5.32 Å². The van der Waals surface area contributed by atoms with Crippen molar-refractivity contribution in [3.8, 4) is 0 Å². The minimum absolute atomic E-state index is 0.114. The van der Waals surface area contributed by atoms with Gasteiger partial charge in [-0.2, -0.15) is 0 Å². The average Bonchev–Trinajstić information content (AvgIpc) is 1.95. The fourth-order valence-corrected chi connectivity index (χ4v) is 1.05. The molecule has 1 atom stereocenters. The highest BCUT2D eigenvalue weighted by Gasteiger charge is 2.19. The average molecular weight is 185 g/mol. The molecule has 0 amide bonds. The van der Waals surface area contributed by atoms with Crippen molar-refractivity contribution in [1.29, 1.82) is 0 Å². The van der Waals surface area contributed by atoms with Crippen LogP contribution in [0.2, 0.25) is 0 Å². The number of hydrogen-bond acceptors (Lipinski definition) is 2. The number of carboxylic acids is 1. The molecule has 13 heavy (non-hydrogen) atoms. The Bertz CT molecular complexity index is 187. The summed E-state index contributed by atoms with van der Waals surface area (Å²) in [7, 11) is 0. The lowest BCUT2D eigenvalue weighted by Gasteiger charge is -2.17. The summed E-state index contributed by atoms with van der Waals surface area (Å²) >= 11 is 0. The molecule has 0 saturated carbocycles. The van der Waals surface area contributed by atoms with Crippen molar-refractivity contribution in [3.63, 3.8) is 0 Å². The van der Waals surface area contributed by atoms with Crippen LogP contribution >= 0.6 is 0 Å². The molecule has 3 nitrogen and oxygen atoms in total. The molecule has 0 aromatic heterocycles. The Morgan fingerprint density at radius 3 is 2.38 bits per heavy atom. The topological polar surface area (TPSA) is 49.3 Å². The van der Waals surface area contributed by atoms with Gasteiger partial charge in [-0.25, -0.2) is 0 Å². The van der Waals surface area contributed by atoms with E-state index < -0.39 is 12.0 Å². The number of carboxylic acid groups (broad SMARTS) is 1. The van der Waals surface area contributed by atoms with E-state index in [9.17, 15) is 4.79 Å². The van der Waals surface area contributed by atoms with Gasteiger partial charge in [0.2, 0.25) is 0 Å². The van der Waals surface area contributed by atoms with E-state index in [1.54, 1.807) is 0 Å². The van der Waals surface area contributed by atoms with Gasteiger partial charge in [0.05, 0.1) is 0 Å². The van der Waals surface area contributed by atoms with Crippen LogP contribution in [-0.4, -0.2) is 23.7 Å². The van der Waals surface area contributed by atoms with Gasteiger partial charge in [0.25, 0.3) is 0 Å². The molecule has 0 bridgehead atoms. The Morgan fingerprint density at radius 2 is 2.08 bits per heavy atom. The minimum Gasteiger partial charge on any atom is -0.480 e. The highest BCUT2D eigenvalue weighted by atomic mass is 16.4. The fourth-order valence-electron chi connectivity index (χ4n) is 1.05. The number of nitrogens with one attached hydrogen (secondary N) is 1. The molecule has 0 spiro atoms. The molecule has 2 N–H and O–H groups in total. The molecule has 0 rings (SSSR count). The first-order valence-corrected chi connectivity index (χ1v) is 4.55. The quantitative estimate of drug-likeness (QED) is 0.619. The lowest BCUT2D eigenvalue weighted by molar-refractivity contribution is -0.140. The maximum atomic E-state index is 10.7. The third kappa shape index (κ3) is 5.42. The smallest absolute Gasteiger partial charge is 0.320 e. The van der Waals surface area contributed by atoms with Crippen LogP contribution in [0, 0.1) is 5.92 Å². The lowest BCUT2D eigenvalue weighted by atomic mass is 10.0. The van der Waals surface area contributed by atoms with Crippen LogP contribution in [0.3, 0.4) is 0 Å². The summed E-state index contributed by atoms with van der Waals surface area (Å²) in [6.07, 6.45) is 0.830. The molecule has 0 aliphatic heterocycles. The minimum atomic E-state index is -0.781. The van der Waals surface area contributed by atoms with Gasteiger partial charge in [-0.15, -0.1) is 6.58 Å². The molecule has 0 aliphatic rings. The second-order valence-corrected chi connectivity index (χ2v) is 3.72. The van der Waals surface area contributed by atoms with Gasteiger partial charge in [0.1, 0.15) is 6.04 Å². The number of rotatable bonds is 6. The predicted molar refractivity (Wildman–Crippen MR) is 53.7 cm³/mol. The molecular formula is C10H19NO2. The molecule has 0 heterocycles. The lowest BCUT2D eigenvalue weighted by Crippen LogP contribution is -2.41. The highest BCUT2D eigenvalue weighted by molar-refractivity contribution is 5.73. The molecule has 0 fully saturated rings. The summed E-state index contributed by atoms with van der Waals surface area (Å²) in [5, 5.41) is 11.8. The predicted octanol–water partition coefficient (Wildman–Crippen LogP) is 1.65. The molecule has 0 saturated heterocycles. The van der Waals surface area contributed by atoms with Gasteiger partial charge >= 0.3 is 5.97 Å².